The van der Waals surface area contributed by atoms with E-state index in [1.807, 2.05) is 0 Å². The molecule has 2 rings (SSSR count). The van der Waals surface area contributed by atoms with Gasteiger partial charge in [0.15, 0.2) is 5.78 Å². The maximum Gasteiger partial charge on any atom is 0.165 e. The van der Waals surface area contributed by atoms with E-state index < -0.39 is 0 Å². The van der Waals surface area contributed by atoms with E-state index in [4.69, 9.17) is 28.3 Å². The largest absolute Gasteiger partial charge is 0.396 e. The fourth-order valence-corrected chi connectivity index (χ4v) is 3.05. The van der Waals surface area contributed by atoms with E-state index in [-0.39, 0.29) is 12.4 Å². The molecule has 1 aromatic rings. The Morgan fingerprint density at radius 2 is 2.20 bits per heavy atom. The highest BCUT2D eigenvalue weighted by molar-refractivity contribution is 6.43. The second kappa shape index (κ2) is 7.41. The predicted octanol–water partition coefficient (Wildman–Crippen LogP) is 3.27. The molecule has 0 spiro atoms. The highest BCUT2D eigenvalue weighted by atomic mass is 35.5. The molecule has 1 fully saturated rings. The Morgan fingerprint density at radius 3 is 2.95 bits per heavy atom. The normalized spacial score (nSPS) is 19.4. The number of hydrogen-bond acceptors (Lipinski definition) is 3. The third-order valence-corrected chi connectivity index (χ3v) is 4.63. The van der Waals surface area contributed by atoms with E-state index in [1.54, 1.807) is 18.2 Å². The van der Waals surface area contributed by atoms with Crippen molar-refractivity contribution < 1.29 is 9.90 Å². The Hall–Kier alpha value is -0.610. The minimum absolute atomic E-state index is 0.0307. The van der Waals surface area contributed by atoms with Gasteiger partial charge in [0.2, 0.25) is 0 Å². The fourth-order valence-electron chi connectivity index (χ4n) is 2.65. The lowest BCUT2D eigenvalue weighted by atomic mass is 10.1. The molecule has 0 saturated carbocycles. The number of likely N-dealkylation sites (tertiary alicyclic amines) is 1. The van der Waals surface area contributed by atoms with Gasteiger partial charge in [0.05, 0.1) is 10.0 Å². The number of halogens is 2. The number of Topliss-reactive ketones (excluding diaryl/α,β-unsaturated/α-hetero) is 1. The van der Waals surface area contributed by atoms with Gasteiger partial charge >= 0.3 is 0 Å². The molecule has 0 aromatic heterocycles. The van der Waals surface area contributed by atoms with E-state index in [1.165, 1.54) is 0 Å². The van der Waals surface area contributed by atoms with Crippen LogP contribution in [0.3, 0.4) is 0 Å². The summed E-state index contributed by atoms with van der Waals surface area (Å²) in [5.41, 5.74) is 0.505. The van der Waals surface area contributed by atoms with Gasteiger partial charge in [-0.05, 0) is 37.4 Å². The molecule has 1 aromatic carbocycles. The molecule has 5 heteroatoms. The van der Waals surface area contributed by atoms with Crippen LogP contribution >= 0.6 is 23.2 Å². The molecule has 3 nitrogen and oxygen atoms in total. The number of nitrogens with zero attached hydrogens (tertiary/aromatic N) is 1. The van der Waals surface area contributed by atoms with E-state index in [0.717, 1.165) is 32.5 Å². The molecule has 1 atom stereocenters. The minimum Gasteiger partial charge on any atom is -0.396 e. The predicted molar refractivity (Wildman–Crippen MR) is 81.7 cm³/mol. The molecule has 0 radical (unpaired) electrons. The number of carbonyl (C=O) groups excluding carboxylic acids is 1. The number of ketones is 1. The SMILES string of the molecule is O=C(CCN1CCC(CCO)C1)c1cccc(Cl)c1Cl. The Balaban J connectivity index is 1.85. The van der Waals surface area contributed by atoms with Crippen LogP contribution in [0.15, 0.2) is 18.2 Å². The Morgan fingerprint density at radius 1 is 1.40 bits per heavy atom. The minimum atomic E-state index is 0.0307. The molecule has 1 saturated heterocycles. The van der Waals surface area contributed by atoms with Gasteiger partial charge in [0, 0.05) is 31.7 Å². The van der Waals surface area contributed by atoms with Crippen molar-refractivity contribution in [2.45, 2.75) is 19.3 Å². The molecule has 20 heavy (non-hydrogen) atoms. The van der Waals surface area contributed by atoms with Crippen LogP contribution in [0, 0.1) is 5.92 Å². The van der Waals surface area contributed by atoms with Crippen LogP contribution in [-0.4, -0.2) is 42.0 Å². The van der Waals surface area contributed by atoms with Gasteiger partial charge in [-0.15, -0.1) is 0 Å². The van der Waals surface area contributed by atoms with Crippen LogP contribution in [0.5, 0.6) is 0 Å². The van der Waals surface area contributed by atoms with Crippen molar-refractivity contribution in [1.29, 1.82) is 0 Å². The van der Waals surface area contributed by atoms with Crippen molar-refractivity contribution >= 4 is 29.0 Å². The summed E-state index contributed by atoms with van der Waals surface area (Å²) >= 11 is 12.0. The Labute approximate surface area is 129 Å². The van der Waals surface area contributed by atoms with Gasteiger partial charge in [0.25, 0.3) is 0 Å². The number of carbonyl (C=O) groups is 1. The number of benzene rings is 1. The zero-order valence-electron chi connectivity index (χ0n) is 11.3. The first-order valence-electron chi connectivity index (χ1n) is 6.92. The lowest BCUT2D eigenvalue weighted by Crippen LogP contribution is -2.24. The molecule has 1 aliphatic heterocycles. The molecule has 0 bridgehead atoms. The standard InChI is InChI=1S/C15H19Cl2NO2/c16-13-3-1-2-12(15(13)17)14(20)5-8-18-7-4-11(10-18)6-9-19/h1-3,11,19H,4-10H2. The number of aliphatic hydroxyl groups excluding tert-OH is 1. The fraction of sp³-hybridized carbons (Fsp3) is 0.533. The first-order valence-corrected chi connectivity index (χ1v) is 7.68. The molecule has 1 heterocycles. The van der Waals surface area contributed by atoms with Gasteiger partial charge in [-0.25, -0.2) is 0 Å². The van der Waals surface area contributed by atoms with E-state index in [0.29, 0.717) is 27.9 Å². The van der Waals surface area contributed by atoms with Crippen molar-refractivity contribution in [2.24, 2.45) is 5.92 Å². The summed E-state index contributed by atoms with van der Waals surface area (Å²) in [5.74, 6) is 0.591. The molecule has 0 aliphatic carbocycles. The molecule has 1 N–H and O–H groups in total. The zero-order valence-corrected chi connectivity index (χ0v) is 12.8. The molecule has 110 valence electrons. The van der Waals surface area contributed by atoms with Crippen molar-refractivity contribution in [3.05, 3.63) is 33.8 Å². The van der Waals surface area contributed by atoms with Gasteiger partial charge in [-0.3, -0.25) is 4.79 Å². The summed E-state index contributed by atoms with van der Waals surface area (Å²) in [7, 11) is 0. The van der Waals surface area contributed by atoms with E-state index in [2.05, 4.69) is 4.90 Å². The van der Waals surface area contributed by atoms with Crippen LogP contribution in [0.2, 0.25) is 10.0 Å². The van der Waals surface area contributed by atoms with Crippen molar-refractivity contribution in [3.8, 4) is 0 Å². The topological polar surface area (TPSA) is 40.5 Å². The average molecular weight is 316 g/mol. The quantitative estimate of drug-likeness (QED) is 0.819. The van der Waals surface area contributed by atoms with Crippen LogP contribution in [-0.2, 0) is 0 Å². The number of rotatable bonds is 6. The van der Waals surface area contributed by atoms with Gasteiger partial charge in [-0.2, -0.15) is 0 Å². The average Bonchev–Trinajstić information content (AvgIpc) is 2.87. The summed E-state index contributed by atoms with van der Waals surface area (Å²) in [5, 5.41) is 9.70. The van der Waals surface area contributed by atoms with E-state index in [9.17, 15) is 4.79 Å². The van der Waals surface area contributed by atoms with Crippen molar-refractivity contribution in [1.82, 2.24) is 4.90 Å². The van der Waals surface area contributed by atoms with Gasteiger partial charge in [-0.1, -0.05) is 29.3 Å². The van der Waals surface area contributed by atoms with Crippen LogP contribution in [0.4, 0.5) is 0 Å². The number of aliphatic hydroxyl groups is 1. The van der Waals surface area contributed by atoms with Crippen LogP contribution in [0.25, 0.3) is 0 Å². The van der Waals surface area contributed by atoms with Crippen molar-refractivity contribution in [3.63, 3.8) is 0 Å². The second-order valence-corrected chi connectivity index (χ2v) is 6.03. The summed E-state index contributed by atoms with van der Waals surface area (Å²) in [6, 6.07) is 5.14. The maximum atomic E-state index is 12.2. The number of hydrogen-bond donors (Lipinski definition) is 1. The summed E-state index contributed by atoms with van der Waals surface area (Å²) < 4.78 is 0. The molecule has 0 amide bonds. The molecular weight excluding hydrogens is 297 g/mol. The summed E-state index contributed by atoms with van der Waals surface area (Å²) in [4.78, 5) is 14.4. The van der Waals surface area contributed by atoms with Crippen molar-refractivity contribution in [2.75, 3.05) is 26.2 Å². The summed E-state index contributed by atoms with van der Waals surface area (Å²) in [6.45, 7) is 2.96. The second-order valence-electron chi connectivity index (χ2n) is 5.24. The Bertz CT molecular complexity index is 479. The highest BCUT2D eigenvalue weighted by Gasteiger charge is 2.22. The monoisotopic (exact) mass is 315 g/mol. The summed E-state index contributed by atoms with van der Waals surface area (Å²) in [6.07, 6.45) is 2.41. The first-order chi connectivity index (χ1) is 9.61. The van der Waals surface area contributed by atoms with E-state index >= 15 is 0 Å². The first kappa shape index (κ1) is 15.8. The van der Waals surface area contributed by atoms with Gasteiger partial charge in [0.1, 0.15) is 0 Å². The molecule has 1 aliphatic rings. The smallest absolute Gasteiger partial charge is 0.165 e. The maximum absolute atomic E-state index is 12.2. The third kappa shape index (κ3) is 3.95. The van der Waals surface area contributed by atoms with Gasteiger partial charge < -0.3 is 10.0 Å². The van der Waals surface area contributed by atoms with Crippen LogP contribution < -0.4 is 0 Å². The lowest BCUT2D eigenvalue weighted by Gasteiger charge is -2.15. The Kier molecular flexibility index (Phi) is 5.85. The van der Waals surface area contributed by atoms with Crippen LogP contribution in [0.1, 0.15) is 29.6 Å². The molecular formula is C15H19Cl2NO2. The third-order valence-electron chi connectivity index (χ3n) is 3.81. The zero-order chi connectivity index (χ0) is 14.5. The highest BCUT2D eigenvalue weighted by Crippen LogP contribution is 2.27. The lowest BCUT2D eigenvalue weighted by molar-refractivity contribution is 0.0968. The molecule has 1 unspecified atom stereocenters.